The molecule has 3 rings (SSSR count). The molecule has 0 aliphatic rings. The first-order chi connectivity index (χ1) is 18.6. The molecule has 0 saturated carbocycles. The van der Waals surface area contributed by atoms with Crippen molar-refractivity contribution in [3.05, 3.63) is 30.1 Å². The van der Waals surface area contributed by atoms with Gasteiger partial charge in [0.1, 0.15) is 17.9 Å². The predicted octanol–water partition coefficient (Wildman–Crippen LogP) is 2.69. The zero-order valence-electron chi connectivity index (χ0n) is 21.9. The summed E-state index contributed by atoms with van der Waals surface area (Å²) in [6, 6.07) is 7.56. The van der Waals surface area contributed by atoms with Crippen molar-refractivity contribution in [3.8, 4) is 0 Å². The van der Waals surface area contributed by atoms with E-state index < -0.39 is 26.0 Å². The summed E-state index contributed by atoms with van der Waals surface area (Å²) in [6.07, 6.45) is 0.657. The van der Waals surface area contributed by atoms with E-state index in [1.165, 1.54) is 6.92 Å². The Hall–Kier alpha value is -3.29. The minimum Gasteiger partial charge on any atom is -0.456 e. The molecule has 1 amide bonds. The van der Waals surface area contributed by atoms with E-state index in [4.69, 9.17) is 35.0 Å². The molecule has 2 atom stereocenters. The molecule has 39 heavy (non-hydrogen) atoms. The number of phosphoric ester groups is 1. The van der Waals surface area contributed by atoms with Gasteiger partial charge in [-0.15, -0.1) is 0 Å². The minimum atomic E-state index is -4.40. The molecule has 14 nitrogen and oxygen atoms in total. The van der Waals surface area contributed by atoms with Gasteiger partial charge in [0, 0.05) is 25.3 Å². The summed E-state index contributed by atoms with van der Waals surface area (Å²) in [5.74, 6) is 0.496. The van der Waals surface area contributed by atoms with Crippen LogP contribution in [0.1, 0.15) is 32.5 Å². The lowest BCUT2D eigenvalue weighted by Gasteiger charge is -2.17. The summed E-state index contributed by atoms with van der Waals surface area (Å²) >= 11 is 0. The zero-order chi connectivity index (χ0) is 28.4. The molecule has 2 heterocycles. The standard InChI is InChI=1S/C24H34N5O9P/c1-3-4-9-20-28-21-22(18-7-5-6-8-19(18)27-23(21)25)29(20)10-11-36-39(32,33)37-13-12-34-14-17(38-16(2)30)15-35-24(26)31/h5-8,17H,3-4,9-15H2,1-2H3,(H2,25,27)(H2,26,31)(H,32,33)/t17-/m0/s1. The van der Waals surface area contributed by atoms with Gasteiger partial charge in [-0.05, 0) is 12.5 Å². The van der Waals surface area contributed by atoms with Gasteiger partial charge >= 0.3 is 19.9 Å². The lowest BCUT2D eigenvalue weighted by Crippen LogP contribution is -2.30. The molecule has 0 fully saturated rings. The van der Waals surface area contributed by atoms with Crippen molar-refractivity contribution < 1.29 is 42.3 Å². The number of esters is 1. The zero-order valence-corrected chi connectivity index (χ0v) is 22.8. The number of amides is 1. The van der Waals surface area contributed by atoms with Crippen molar-refractivity contribution in [2.24, 2.45) is 5.73 Å². The Balaban J connectivity index is 1.58. The smallest absolute Gasteiger partial charge is 0.456 e. The number of aromatic nitrogens is 3. The maximum Gasteiger partial charge on any atom is 0.472 e. The van der Waals surface area contributed by atoms with Gasteiger partial charge in [0.2, 0.25) is 0 Å². The summed E-state index contributed by atoms with van der Waals surface area (Å²) in [4.78, 5) is 41.2. The van der Waals surface area contributed by atoms with Crippen LogP contribution in [0.15, 0.2) is 24.3 Å². The molecule has 15 heteroatoms. The van der Waals surface area contributed by atoms with Crippen molar-refractivity contribution in [2.45, 2.75) is 45.8 Å². The van der Waals surface area contributed by atoms with Crippen molar-refractivity contribution >= 4 is 47.6 Å². The van der Waals surface area contributed by atoms with Crippen LogP contribution in [0.3, 0.4) is 0 Å². The van der Waals surface area contributed by atoms with Crippen LogP contribution in [0, 0.1) is 0 Å². The number of primary amides is 1. The van der Waals surface area contributed by atoms with E-state index in [0.717, 1.165) is 35.1 Å². The highest BCUT2D eigenvalue weighted by Crippen LogP contribution is 2.43. The fourth-order valence-corrected chi connectivity index (χ4v) is 4.60. The van der Waals surface area contributed by atoms with Crippen LogP contribution < -0.4 is 11.5 Å². The number of carbonyl (C=O) groups is 2. The third-order valence-electron chi connectivity index (χ3n) is 5.54. The van der Waals surface area contributed by atoms with Crippen molar-refractivity contribution in [1.29, 1.82) is 0 Å². The molecule has 5 N–H and O–H groups in total. The van der Waals surface area contributed by atoms with E-state index in [1.54, 1.807) is 0 Å². The molecule has 0 spiro atoms. The Morgan fingerprint density at radius 3 is 2.59 bits per heavy atom. The second-order valence-electron chi connectivity index (χ2n) is 8.57. The predicted molar refractivity (Wildman–Crippen MR) is 142 cm³/mol. The van der Waals surface area contributed by atoms with Crippen LogP contribution in [0.25, 0.3) is 21.9 Å². The van der Waals surface area contributed by atoms with Gasteiger partial charge in [-0.25, -0.2) is 19.3 Å². The number of nitrogen functional groups attached to an aromatic ring is 1. The first-order valence-corrected chi connectivity index (χ1v) is 13.9. The number of benzene rings is 1. The molecular weight excluding hydrogens is 533 g/mol. The average Bonchev–Trinajstić information content (AvgIpc) is 3.24. The summed E-state index contributed by atoms with van der Waals surface area (Å²) in [7, 11) is -4.40. The van der Waals surface area contributed by atoms with Gasteiger partial charge in [0.15, 0.2) is 11.9 Å². The van der Waals surface area contributed by atoms with Crippen LogP contribution in [0.5, 0.6) is 0 Å². The molecule has 1 aromatic carbocycles. The van der Waals surface area contributed by atoms with Gasteiger partial charge in [-0.2, -0.15) is 0 Å². The Kier molecular flexibility index (Phi) is 11.0. The van der Waals surface area contributed by atoms with Gasteiger partial charge in [0.25, 0.3) is 0 Å². The molecule has 0 bridgehead atoms. The van der Waals surface area contributed by atoms with Crippen molar-refractivity contribution in [2.75, 3.05) is 38.8 Å². The SMILES string of the molecule is CCCCc1nc2c(N)nc3ccccc3c2n1CCOP(=O)(O)OCCOC[C@@H](COC(N)=O)OC(C)=O. The molecular formula is C24H34N5O9P. The van der Waals surface area contributed by atoms with Crippen molar-refractivity contribution in [3.63, 3.8) is 0 Å². The Morgan fingerprint density at radius 2 is 1.87 bits per heavy atom. The third-order valence-corrected chi connectivity index (χ3v) is 6.56. The molecule has 0 radical (unpaired) electrons. The van der Waals surface area contributed by atoms with E-state index in [1.807, 2.05) is 28.8 Å². The number of rotatable bonds is 16. The number of aryl methyl sites for hydroxylation is 1. The Bertz CT molecular complexity index is 1330. The molecule has 0 aliphatic carbocycles. The fraction of sp³-hybridized carbons (Fsp3) is 0.500. The quantitative estimate of drug-likeness (QED) is 0.130. The van der Waals surface area contributed by atoms with Gasteiger partial charge < -0.3 is 35.1 Å². The normalized spacial score (nSPS) is 13.8. The summed E-state index contributed by atoms with van der Waals surface area (Å²) in [5, 5.41) is 0.866. The molecule has 0 saturated heterocycles. The van der Waals surface area contributed by atoms with Crippen molar-refractivity contribution in [1.82, 2.24) is 14.5 Å². The van der Waals surface area contributed by atoms with Crippen LogP contribution in [-0.4, -0.2) is 70.6 Å². The van der Waals surface area contributed by atoms with E-state index in [2.05, 4.69) is 16.6 Å². The maximum atomic E-state index is 12.4. The number of hydrogen-bond acceptors (Lipinski definition) is 11. The fourth-order valence-electron chi connectivity index (χ4n) is 3.91. The van der Waals surface area contributed by atoms with Crippen LogP contribution in [0.2, 0.25) is 0 Å². The number of pyridine rings is 1. The maximum absolute atomic E-state index is 12.4. The molecule has 3 aromatic rings. The topological polar surface area (TPSA) is 200 Å². The largest absolute Gasteiger partial charge is 0.472 e. The first kappa shape index (κ1) is 30.3. The number of ether oxygens (including phenoxy) is 3. The number of fused-ring (bicyclic) bond motifs is 3. The number of nitrogens with zero attached hydrogens (tertiary/aromatic N) is 3. The second kappa shape index (κ2) is 14.2. The van der Waals surface area contributed by atoms with E-state index in [-0.39, 0.29) is 39.6 Å². The molecule has 214 valence electrons. The highest BCUT2D eigenvalue weighted by molar-refractivity contribution is 7.47. The van der Waals surface area contributed by atoms with Gasteiger partial charge in [0.05, 0.1) is 37.5 Å². The molecule has 0 aliphatic heterocycles. The number of carbonyl (C=O) groups excluding carboxylic acids is 2. The lowest BCUT2D eigenvalue weighted by atomic mass is 10.2. The molecule has 1 unspecified atom stereocenters. The number of hydrogen-bond donors (Lipinski definition) is 3. The monoisotopic (exact) mass is 567 g/mol. The van der Waals surface area contributed by atoms with Gasteiger partial charge in [-0.1, -0.05) is 31.5 Å². The number of unbranched alkanes of at least 4 members (excludes halogenated alkanes) is 1. The lowest BCUT2D eigenvalue weighted by molar-refractivity contribution is -0.152. The Labute approximate surface area is 225 Å². The second-order valence-corrected chi connectivity index (χ2v) is 10.0. The number of imidazole rings is 1. The minimum absolute atomic E-state index is 0.117. The summed E-state index contributed by atoms with van der Waals surface area (Å²) < 4.78 is 39.4. The van der Waals surface area contributed by atoms with Gasteiger partial charge in [-0.3, -0.25) is 13.8 Å². The highest BCUT2D eigenvalue weighted by Gasteiger charge is 2.23. The first-order valence-electron chi connectivity index (χ1n) is 12.4. The number of nitrogens with two attached hydrogens (primary N) is 2. The third kappa shape index (κ3) is 8.87. The van der Waals surface area contributed by atoms with Crippen LogP contribution in [0.4, 0.5) is 10.6 Å². The molecule has 2 aromatic heterocycles. The van der Waals surface area contributed by atoms with Crippen LogP contribution in [-0.2, 0) is 45.6 Å². The van der Waals surface area contributed by atoms with E-state index in [9.17, 15) is 19.0 Å². The Morgan fingerprint density at radius 1 is 1.13 bits per heavy atom. The average molecular weight is 568 g/mol. The number of anilines is 1. The number of phosphoric acid groups is 1. The summed E-state index contributed by atoms with van der Waals surface area (Å²) in [6.45, 7) is 2.54. The van der Waals surface area contributed by atoms with Crippen LogP contribution >= 0.6 is 7.82 Å². The summed E-state index contributed by atoms with van der Waals surface area (Å²) in [5.41, 5.74) is 13.2. The highest BCUT2D eigenvalue weighted by atomic mass is 31.2. The van der Waals surface area contributed by atoms with E-state index in [0.29, 0.717) is 17.8 Å². The number of para-hydroxylation sites is 1. The van der Waals surface area contributed by atoms with E-state index >= 15 is 0 Å².